The van der Waals surface area contributed by atoms with Gasteiger partial charge in [0.1, 0.15) is 17.1 Å². The van der Waals surface area contributed by atoms with Gasteiger partial charge in [-0.1, -0.05) is 17.3 Å². The Bertz CT molecular complexity index is 1270. The fourth-order valence-corrected chi connectivity index (χ4v) is 3.22. The van der Waals surface area contributed by atoms with Crippen LogP contribution < -0.4 is 10.5 Å². The fraction of sp³-hybridized carbons (Fsp3) is 0.0625. The van der Waals surface area contributed by atoms with Crippen molar-refractivity contribution >= 4 is 39.3 Å². The summed E-state index contributed by atoms with van der Waals surface area (Å²) in [6, 6.07) is 5.51. The second kappa shape index (κ2) is 7.02. The highest BCUT2D eigenvalue weighted by Gasteiger charge is 2.22. The zero-order valence-corrected chi connectivity index (χ0v) is 16.2. The van der Waals surface area contributed by atoms with E-state index in [2.05, 4.69) is 35.6 Å². The molecule has 28 heavy (non-hydrogen) atoms. The molecule has 7 nitrogen and oxygen atoms in total. The lowest BCUT2D eigenvalue weighted by Gasteiger charge is -2.09. The monoisotopic (exact) mass is 472 g/mol. The number of aromatic amines is 1. The summed E-state index contributed by atoms with van der Waals surface area (Å²) < 4.78 is 52.1. The topological polar surface area (TPSA) is 85.9 Å². The van der Waals surface area contributed by atoms with Crippen molar-refractivity contribution in [3.05, 3.63) is 56.5 Å². The van der Waals surface area contributed by atoms with Gasteiger partial charge in [-0.3, -0.25) is 9.51 Å². The van der Waals surface area contributed by atoms with Crippen LogP contribution >= 0.6 is 28.3 Å². The Morgan fingerprint density at radius 3 is 2.79 bits per heavy atom. The van der Waals surface area contributed by atoms with Crippen molar-refractivity contribution in [2.75, 3.05) is 0 Å². The molecule has 0 saturated heterocycles. The lowest BCUT2D eigenvalue weighted by molar-refractivity contribution is 0.388. The molecular formula is C16H8BrF3N4O3S. The molecule has 1 N–H and O–H groups in total. The predicted molar refractivity (Wildman–Crippen MR) is 98.8 cm³/mol. The molecule has 0 saturated carbocycles. The second-order valence-corrected chi connectivity index (χ2v) is 6.93. The summed E-state index contributed by atoms with van der Waals surface area (Å²) >= 11 is 2.44. The first-order chi connectivity index (χ1) is 13.4. The van der Waals surface area contributed by atoms with E-state index in [0.29, 0.717) is 11.1 Å². The number of aryl methyl sites for hydroxylation is 1. The van der Waals surface area contributed by atoms with Gasteiger partial charge in [0.15, 0.2) is 24.0 Å². The van der Waals surface area contributed by atoms with Gasteiger partial charge in [-0.25, -0.2) is 17.5 Å². The first-order valence-corrected chi connectivity index (χ1v) is 9.05. The standard InChI is InChI=1S/C16H8BrF3N4O3S/c1-6-2-3-7(14-22-16(25)27-23-14)4-10(6)26-15-21-9-5-8(18)11(17)12(19)13(9)24(15)28-20/h2-5H,1H3,(H,22,23,25). The summed E-state index contributed by atoms with van der Waals surface area (Å²) in [5.41, 5.74) is 0.713. The highest BCUT2D eigenvalue weighted by Crippen LogP contribution is 2.37. The zero-order chi connectivity index (χ0) is 20.0. The molecule has 0 aliphatic carbocycles. The van der Waals surface area contributed by atoms with Gasteiger partial charge < -0.3 is 4.74 Å². The summed E-state index contributed by atoms with van der Waals surface area (Å²) in [6.07, 6.45) is 0. The maximum atomic E-state index is 14.4. The van der Waals surface area contributed by atoms with E-state index in [4.69, 9.17) is 4.74 Å². The zero-order valence-electron chi connectivity index (χ0n) is 13.8. The molecule has 0 aliphatic rings. The van der Waals surface area contributed by atoms with Crippen molar-refractivity contribution in [1.82, 2.24) is 19.1 Å². The van der Waals surface area contributed by atoms with Crippen LogP contribution in [0.4, 0.5) is 12.7 Å². The number of ether oxygens (including phenoxy) is 1. The van der Waals surface area contributed by atoms with E-state index < -0.39 is 21.9 Å². The Kier molecular flexibility index (Phi) is 4.67. The Hall–Kier alpha value is -2.73. The van der Waals surface area contributed by atoms with E-state index in [1.165, 1.54) is 6.07 Å². The molecule has 0 aliphatic heterocycles. The number of imidazole rings is 1. The van der Waals surface area contributed by atoms with E-state index >= 15 is 0 Å². The number of rotatable bonds is 4. The summed E-state index contributed by atoms with van der Waals surface area (Å²) in [7, 11) is 0. The minimum Gasteiger partial charge on any atom is -0.425 e. The third-order valence-electron chi connectivity index (χ3n) is 3.88. The molecule has 0 fully saturated rings. The van der Waals surface area contributed by atoms with Crippen molar-refractivity contribution in [3.8, 4) is 23.1 Å². The number of nitrogens with one attached hydrogen (secondary N) is 1. The SMILES string of the molecule is Cc1ccc(-c2noc(=O)[nH]2)cc1Oc1nc2cc(F)c(Br)c(F)c2n1SF. The number of H-pyrrole nitrogens is 1. The maximum absolute atomic E-state index is 14.4. The number of hydrogen-bond acceptors (Lipinski definition) is 6. The van der Waals surface area contributed by atoms with Crippen LogP contribution in [0.3, 0.4) is 0 Å². The van der Waals surface area contributed by atoms with Crippen molar-refractivity contribution < 1.29 is 21.9 Å². The molecule has 2 heterocycles. The maximum Gasteiger partial charge on any atom is 0.439 e. The number of halogens is 4. The Morgan fingerprint density at radius 2 is 2.11 bits per heavy atom. The van der Waals surface area contributed by atoms with Crippen LogP contribution in [0.25, 0.3) is 22.4 Å². The minimum absolute atomic E-state index is 0.118. The molecule has 12 heteroatoms. The van der Waals surface area contributed by atoms with E-state index in [-0.39, 0.29) is 41.0 Å². The first-order valence-electron chi connectivity index (χ1n) is 7.59. The molecular weight excluding hydrogens is 465 g/mol. The largest absolute Gasteiger partial charge is 0.439 e. The molecule has 0 unspecified atom stereocenters. The summed E-state index contributed by atoms with van der Waals surface area (Å²) in [6.45, 7) is 1.72. The molecule has 4 aromatic rings. The number of aromatic nitrogens is 4. The Labute approximate surface area is 167 Å². The minimum atomic E-state index is -1.01. The molecule has 0 radical (unpaired) electrons. The Morgan fingerprint density at radius 1 is 1.32 bits per heavy atom. The Balaban J connectivity index is 1.82. The van der Waals surface area contributed by atoms with Gasteiger partial charge in [-0.05, 0) is 34.5 Å². The van der Waals surface area contributed by atoms with Crippen molar-refractivity contribution in [2.45, 2.75) is 6.92 Å². The second-order valence-electron chi connectivity index (χ2n) is 5.64. The lowest BCUT2D eigenvalue weighted by atomic mass is 10.1. The van der Waals surface area contributed by atoms with E-state index in [0.717, 1.165) is 10.0 Å². The van der Waals surface area contributed by atoms with Gasteiger partial charge in [0.05, 0.1) is 9.99 Å². The van der Waals surface area contributed by atoms with Crippen LogP contribution in [-0.4, -0.2) is 19.1 Å². The fourth-order valence-electron chi connectivity index (χ4n) is 2.53. The van der Waals surface area contributed by atoms with Crippen molar-refractivity contribution in [1.29, 1.82) is 0 Å². The van der Waals surface area contributed by atoms with Gasteiger partial charge in [0, 0.05) is 11.6 Å². The average molecular weight is 473 g/mol. The highest BCUT2D eigenvalue weighted by molar-refractivity contribution is 9.10. The predicted octanol–water partition coefficient (Wildman–Crippen LogP) is 4.90. The molecule has 0 amide bonds. The summed E-state index contributed by atoms with van der Waals surface area (Å²) in [4.78, 5) is 17.5. The number of fused-ring (bicyclic) bond motifs is 1. The smallest absolute Gasteiger partial charge is 0.425 e. The van der Waals surface area contributed by atoms with Gasteiger partial charge in [-0.2, -0.15) is 4.98 Å². The van der Waals surface area contributed by atoms with Crippen molar-refractivity contribution in [2.24, 2.45) is 0 Å². The highest BCUT2D eigenvalue weighted by atomic mass is 79.9. The summed E-state index contributed by atoms with van der Waals surface area (Å²) in [5.74, 6) is -2.20. The number of nitrogens with zero attached hydrogens (tertiary/aromatic N) is 3. The average Bonchev–Trinajstić information content (AvgIpc) is 3.25. The van der Waals surface area contributed by atoms with Gasteiger partial charge in [-0.15, -0.1) is 3.89 Å². The van der Waals surface area contributed by atoms with Crippen LogP contribution in [-0.2, 0) is 0 Å². The van der Waals surface area contributed by atoms with Gasteiger partial charge in [0.25, 0.3) is 0 Å². The summed E-state index contributed by atoms with van der Waals surface area (Å²) in [5, 5.41) is 3.58. The normalized spacial score (nSPS) is 11.3. The molecule has 2 aromatic carbocycles. The van der Waals surface area contributed by atoms with Crippen LogP contribution in [0.2, 0.25) is 0 Å². The van der Waals surface area contributed by atoms with E-state index in [1.54, 1.807) is 19.1 Å². The van der Waals surface area contributed by atoms with Gasteiger partial charge in [0.2, 0.25) is 0 Å². The molecule has 4 rings (SSSR count). The molecule has 0 spiro atoms. The van der Waals surface area contributed by atoms with E-state index in [9.17, 15) is 17.5 Å². The lowest BCUT2D eigenvalue weighted by Crippen LogP contribution is -1.97. The molecule has 0 atom stereocenters. The van der Waals surface area contributed by atoms with Crippen LogP contribution in [0, 0.1) is 18.6 Å². The number of benzene rings is 2. The van der Waals surface area contributed by atoms with Crippen LogP contribution in [0.1, 0.15) is 5.56 Å². The molecule has 0 bridgehead atoms. The van der Waals surface area contributed by atoms with E-state index in [1.807, 2.05) is 0 Å². The number of hydrogen-bond donors (Lipinski definition) is 1. The van der Waals surface area contributed by atoms with Crippen LogP contribution in [0.5, 0.6) is 11.8 Å². The third kappa shape index (κ3) is 3.07. The molecule has 2 aromatic heterocycles. The quantitative estimate of drug-likeness (QED) is 0.425. The van der Waals surface area contributed by atoms with Gasteiger partial charge >= 0.3 is 11.8 Å². The molecule has 144 valence electrons. The van der Waals surface area contributed by atoms with Crippen molar-refractivity contribution in [3.63, 3.8) is 0 Å². The van der Waals surface area contributed by atoms with Crippen LogP contribution in [0.15, 0.2) is 38.1 Å². The first kappa shape index (κ1) is 18.6. The third-order valence-corrected chi connectivity index (χ3v) is 5.09.